The largest absolute Gasteiger partial charge is 0.466 e. The molecule has 0 radical (unpaired) electrons. The second kappa shape index (κ2) is 71.1. The van der Waals surface area contributed by atoms with Crippen molar-refractivity contribution in [2.75, 3.05) is 13.2 Å². The average molecular weight is 1140 g/mol. The van der Waals surface area contributed by atoms with E-state index in [4.69, 9.17) is 4.74 Å². The second-order valence-electron chi connectivity index (χ2n) is 26.0. The van der Waals surface area contributed by atoms with Crippen molar-refractivity contribution >= 4 is 11.9 Å². The molecule has 0 aromatic heterocycles. The van der Waals surface area contributed by atoms with E-state index in [0.717, 1.165) is 38.5 Å². The highest BCUT2D eigenvalue weighted by Gasteiger charge is 2.18. The zero-order chi connectivity index (χ0) is 58.5. The summed E-state index contributed by atoms with van der Waals surface area (Å²) in [5, 5.41) is 23.3. The zero-order valence-corrected chi connectivity index (χ0v) is 55.3. The lowest BCUT2D eigenvalue weighted by Gasteiger charge is -2.20. The van der Waals surface area contributed by atoms with Crippen LogP contribution in [-0.4, -0.2) is 47.4 Å². The Hall–Kier alpha value is -1.40. The minimum atomic E-state index is -0.841. The third-order valence-corrected chi connectivity index (χ3v) is 17.8. The summed E-state index contributed by atoms with van der Waals surface area (Å²) in [7, 11) is 0. The fraction of sp³-hybridized carbons (Fsp3) is 0.947. The number of esters is 1. The van der Waals surface area contributed by atoms with E-state index in [-0.39, 0.29) is 18.5 Å². The van der Waals surface area contributed by atoms with Crippen molar-refractivity contribution in [3.8, 4) is 0 Å². The van der Waals surface area contributed by atoms with Crippen molar-refractivity contribution in [2.24, 2.45) is 0 Å². The summed E-state index contributed by atoms with van der Waals surface area (Å²) >= 11 is 0. The maximum atomic E-state index is 12.5. The van der Waals surface area contributed by atoms with Crippen molar-refractivity contribution in [1.29, 1.82) is 0 Å². The van der Waals surface area contributed by atoms with Crippen LogP contribution in [-0.2, 0) is 14.3 Å². The zero-order valence-electron chi connectivity index (χ0n) is 55.3. The van der Waals surface area contributed by atoms with E-state index in [0.29, 0.717) is 19.4 Å². The molecule has 2 atom stereocenters. The summed E-state index contributed by atoms with van der Waals surface area (Å²) in [6.45, 7) is 4.95. The van der Waals surface area contributed by atoms with Crippen LogP contribution in [0.4, 0.5) is 0 Å². The predicted molar refractivity (Wildman–Crippen MR) is 357 cm³/mol. The standard InChI is InChI=1S/C75H147NO5/c1-3-5-7-9-11-13-15-16-17-18-19-35-38-41-44-48-51-55-59-63-67-73(78)72(71-77)76-74(79)68-64-60-56-52-49-45-42-39-36-33-31-29-27-25-23-21-20-22-24-26-28-30-32-34-37-40-43-46-50-54-58-62-66-70-81-75(80)69-65-61-57-53-47-14-12-10-8-6-4-2/h63,67,72-73,77-78H,3-62,64-66,68-71H2,1-2H3,(H,76,79)/b67-63+. The highest BCUT2D eigenvalue weighted by atomic mass is 16.5. The average Bonchev–Trinajstić information content (AvgIpc) is 3.47. The summed E-state index contributed by atoms with van der Waals surface area (Å²) in [5.74, 6) is -0.0364. The van der Waals surface area contributed by atoms with Crippen molar-refractivity contribution in [3.63, 3.8) is 0 Å². The molecule has 6 nitrogen and oxygen atoms in total. The number of aliphatic hydroxyl groups is 2. The van der Waals surface area contributed by atoms with Gasteiger partial charge in [0.1, 0.15) is 0 Å². The second-order valence-corrected chi connectivity index (χ2v) is 26.0. The van der Waals surface area contributed by atoms with Crippen LogP contribution >= 0.6 is 0 Å². The Morgan fingerprint density at radius 1 is 0.333 bits per heavy atom. The predicted octanol–water partition coefficient (Wildman–Crippen LogP) is 24.3. The monoisotopic (exact) mass is 1140 g/mol. The number of allylic oxidation sites excluding steroid dienone is 1. The molecule has 1 amide bonds. The summed E-state index contributed by atoms with van der Waals surface area (Å²) in [5.41, 5.74) is 0. The van der Waals surface area contributed by atoms with Gasteiger partial charge in [-0.05, 0) is 32.1 Å². The van der Waals surface area contributed by atoms with Gasteiger partial charge in [-0.25, -0.2) is 0 Å². The number of carbonyl (C=O) groups is 2. The van der Waals surface area contributed by atoms with Crippen LogP contribution in [0.2, 0.25) is 0 Å². The molecule has 0 bridgehead atoms. The van der Waals surface area contributed by atoms with Gasteiger partial charge in [-0.2, -0.15) is 0 Å². The number of hydrogen-bond acceptors (Lipinski definition) is 5. The summed E-state index contributed by atoms with van der Waals surface area (Å²) in [6.07, 6.45) is 88.9. The van der Waals surface area contributed by atoms with E-state index in [1.54, 1.807) is 6.08 Å². The molecule has 0 aliphatic carbocycles. The first-order chi connectivity index (χ1) is 40.0. The Labute approximate surface area is 508 Å². The Kier molecular flexibility index (Phi) is 69.9. The number of unbranched alkanes of at least 4 members (excludes halogenated alkanes) is 60. The lowest BCUT2D eigenvalue weighted by Crippen LogP contribution is -2.45. The summed E-state index contributed by atoms with van der Waals surface area (Å²) in [4.78, 5) is 24.5. The molecule has 0 aromatic carbocycles. The number of ether oxygens (including phenoxy) is 1. The molecular formula is C75H147NO5. The van der Waals surface area contributed by atoms with Crippen molar-refractivity contribution in [2.45, 2.75) is 443 Å². The van der Waals surface area contributed by atoms with E-state index < -0.39 is 12.1 Å². The highest BCUT2D eigenvalue weighted by Crippen LogP contribution is 2.20. The number of carbonyl (C=O) groups excluding carboxylic acids is 2. The quantitative estimate of drug-likeness (QED) is 0.0320. The van der Waals surface area contributed by atoms with Gasteiger partial charge in [-0.15, -0.1) is 0 Å². The van der Waals surface area contributed by atoms with Gasteiger partial charge in [-0.3, -0.25) is 9.59 Å². The van der Waals surface area contributed by atoms with Gasteiger partial charge in [0.15, 0.2) is 0 Å². The first kappa shape index (κ1) is 79.6. The number of rotatable bonds is 71. The van der Waals surface area contributed by atoms with Gasteiger partial charge in [0.25, 0.3) is 0 Å². The Morgan fingerprint density at radius 3 is 0.840 bits per heavy atom. The van der Waals surface area contributed by atoms with E-state index in [1.807, 2.05) is 6.08 Å². The van der Waals surface area contributed by atoms with Crippen LogP contribution in [0.15, 0.2) is 12.2 Å². The lowest BCUT2D eigenvalue weighted by atomic mass is 10.0. The SMILES string of the molecule is CCCCCCCCCCCCCCCCCCCC/C=C/C(O)C(CO)NC(=O)CCCCCCCCCCCCCCCCCCCCCCCCCCCCCCCCCCCOC(=O)CCCCCCCCCCCCC. The molecule has 0 rings (SSSR count). The molecule has 3 N–H and O–H groups in total. The van der Waals surface area contributed by atoms with Crippen molar-refractivity contribution < 1.29 is 24.5 Å². The molecule has 0 aliphatic rings. The molecule has 2 unspecified atom stereocenters. The fourth-order valence-electron chi connectivity index (χ4n) is 12.1. The Bertz CT molecular complexity index is 1220. The van der Waals surface area contributed by atoms with Crippen LogP contribution in [0.5, 0.6) is 0 Å². The Morgan fingerprint density at radius 2 is 0.568 bits per heavy atom. The molecule has 81 heavy (non-hydrogen) atoms. The van der Waals surface area contributed by atoms with Gasteiger partial charge >= 0.3 is 5.97 Å². The van der Waals surface area contributed by atoms with E-state index >= 15 is 0 Å². The molecule has 482 valence electrons. The third-order valence-electron chi connectivity index (χ3n) is 17.8. The first-order valence-corrected chi connectivity index (χ1v) is 37.5. The topological polar surface area (TPSA) is 95.9 Å². The van der Waals surface area contributed by atoms with Gasteiger partial charge in [0.2, 0.25) is 5.91 Å². The molecule has 6 heteroatoms. The van der Waals surface area contributed by atoms with Crippen LogP contribution in [0.1, 0.15) is 431 Å². The maximum Gasteiger partial charge on any atom is 0.305 e. The van der Waals surface area contributed by atoms with Crippen LogP contribution in [0.25, 0.3) is 0 Å². The number of aliphatic hydroxyl groups excluding tert-OH is 2. The van der Waals surface area contributed by atoms with Crippen LogP contribution in [0, 0.1) is 0 Å². The van der Waals surface area contributed by atoms with E-state index in [9.17, 15) is 19.8 Å². The maximum absolute atomic E-state index is 12.5. The fourth-order valence-corrected chi connectivity index (χ4v) is 12.1. The van der Waals surface area contributed by atoms with Gasteiger partial charge in [0.05, 0.1) is 25.4 Å². The van der Waals surface area contributed by atoms with Crippen molar-refractivity contribution in [3.05, 3.63) is 12.2 Å². The van der Waals surface area contributed by atoms with Crippen molar-refractivity contribution in [1.82, 2.24) is 5.32 Å². The van der Waals surface area contributed by atoms with E-state index in [2.05, 4.69) is 19.2 Å². The van der Waals surface area contributed by atoms with Gasteiger partial charge < -0.3 is 20.3 Å². The Balaban J connectivity index is 3.34. The number of nitrogens with one attached hydrogen (secondary N) is 1. The molecule has 0 spiro atoms. The van der Waals surface area contributed by atoms with Gasteiger partial charge in [-0.1, -0.05) is 398 Å². The lowest BCUT2D eigenvalue weighted by molar-refractivity contribution is -0.143. The van der Waals surface area contributed by atoms with E-state index in [1.165, 1.54) is 366 Å². The molecular weight excluding hydrogens is 995 g/mol. The normalized spacial score (nSPS) is 12.5. The van der Waals surface area contributed by atoms with Crippen LogP contribution < -0.4 is 5.32 Å². The summed E-state index contributed by atoms with van der Waals surface area (Å²) in [6, 6.07) is -0.624. The molecule has 0 saturated heterocycles. The summed E-state index contributed by atoms with van der Waals surface area (Å²) < 4.78 is 5.48. The minimum absolute atomic E-state index is 0.0221. The molecule has 0 aromatic rings. The molecule has 0 fully saturated rings. The number of hydrogen-bond donors (Lipinski definition) is 3. The van der Waals surface area contributed by atoms with Crippen LogP contribution in [0.3, 0.4) is 0 Å². The molecule has 0 saturated carbocycles. The van der Waals surface area contributed by atoms with Gasteiger partial charge in [0, 0.05) is 12.8 Å². The molecule has 0 aliphatic heterocycles. The third kappa shape index (κ3) is 67.6. The smallest absolute Gasteiger partial charge is 0.305 e. The molecule has 0 heterocycles. The minimum Gasteiger partial charge on any atom is -0.466 e. The first-order valence-electron chi connectivity index (χ1n) is 37.5. The number of amides is 1. The highest BCUT2D eigenvalue weighted by molar-refractivity contribution is 5.76.